The standard InChI is InChI=1S/C20H18ClN5O2/c1-11-16(18(22)27)17(12-6-8-15(28-2)9-7-12)26-20(23-11)24-19(25-26)13-4-3-5-14(21)10-13/h3-10,17H,1-2H3,(H2,22,27)(H,23,24,25)/t17-/m1/s1. The highest BCUT2D eigenvalue weighted by Gasteiger charge is 2.33. The lowest BCUT2D eigenvalue weighted by Gasteiger charge is -2.27. The molecule has 0 fully saturated rings. The first-order chi connectivity index (χ1) is 13.5. The molecule has 0 saturated carbocycles. The number of methoxy groups -OCH3 is 1. The Hall–Kier alpha value is -3.32. The Bertz CT molecular complexity index is 1090. The van der Waals surface area contributed by atoms with Crippen LogP contribution in [0.1, 0.15) is 18.5 Å². The van der Waals surface area contributed by atoms with E-state index in [1.54, 1.807) is 30.8 Å². The Labute approximate surface area is 166 Å². The van der Waals surface area contributed by atoms with E-state index >= 15 is 0 Å². The molecule has 4 rings (SSSR count). The summed E-state index contributed by atoms with van der Waals surface area (Å²) in [6.07, 6.45) is 0. The van der Waals surface area contributed by atoms with Crippen LogP contribution < -0.4 is 15.8 Å². The molecule has 0 bridgehead atoms. The molecular formula is C20H18ClN5O2. The third-order valence-corrected chi connectivity index (χ3v) is 4.87. The molecule has 0 unspecified atom stereocenters. The number of aromatic nitrogens is 3. The summed E-state index contributed by atoms with van der Waals surface area (Å²) in [4.78, 5) is 16.8. The van der Waals surface area contributed by atoms with Crippen molar-refractivity contribution in [3.63, 3.8) is 0 Å². The highest BCUT2D eigenvalue weighted by Crippen LogP contribution is 2.36. The van der Waals surface area contributed by atoms with E-state index in [1.165, 1.54) is 0 Å². The lowest BCUT2D eigenvalue weighted by molar-refractivity contribution is -0.115. The minimum absolute atomic E-state index is 0.431. The number of nitrogens with zero attached hydrogens (tertiary/aromatic N) is 3. The molecule has 0 saturated heterocycles. The van der Waals surface area contributed by atoms with Gasteiger partial charge in [0, 0.05) is 16.3 Å². The topological polar surface area (TPSA) is 95.1 Å². The van der Waals surface area contributed by atoms with Gasteiger partial charge in [-0.2, -0.15) is 4.98 Å². The number of nitrogens with two attached hydrogens (primary N) is 1. The molecule has 1 aliphatic rings. The number of hydrogen-bond donors (Lipinski definition) is 2. The van der Waals surface area contributed by atoms with Crippen LogP contribution in [-0.4, -0.2) is 27.8 Å². The summed E-state index contributed by atoms with van der Waals surface area (Å²) >= 11 is 6.10. The van der Waals surface area contributed by atoms with Crippen molar-refractivity contribution < 1.29 is 9.53 Å². The SMILES string of the molecule is COc1ccc([C@@H]2C(C(N)=O)=C(C)Nc3nc(-c4cccc(Cl)c4)nn32)cc1. The normalized spacial score (nSPS) is 15.8. The summed E-state index contributed by atoms with van der Waals surface area (Å²) in [6.45, 7) is 1.80. The number of allylic oxidation sites excluding steroid dienone is 1. The third-order valence-electron chi connectivity index (χ3n) is 4.63. The molecular weight excluding hydrogens is 378 g/mol. The van der Waals surface area contributed by atoms with E-state index in [0.717, 1.165) is 16.9 Å². The second-order valence-corrected chi connectivity index (χ2v) is 6.85. The van der Waals surface area contributed by atoms with Crippen LogP contribution in [0.2, 0.25) is 5.02 Å². The molecule has 1 aromatic heterocycles. The Balaban J connectivity index is 1.86. The molecule has 2 aromatic carbocycles. The Morgan fingerprint density at radius 3 is 2.64 bits per heavy atom. The third kappa shape index (κ3) is 3.10. The number of rotatable bonds is 4. The van der Waals surface area contributed by atoms with Gasteiger partial charge in [-0.1, -0.05) is 35.9 Å². The number of amides is 1. The fraction of sp³-hybridized carbons (Fsp3) is 0.150. The molecule has 0 aliphatic carbocycles. The summed E-state index contributed by atoms with van der Waals surface area (Å²) < 4.78 is 6.90. The molecule has 0 spiro atoms. The molecule has 7 nitrogen and oxygen atoms in total. The van der Waals surface area contributed by atoms with Crippen molar-refractivity contribution in [1.82, 2.24) is 14.8 Å². The van der Waals surface area contributed by atoms with Gasteiger partial charge in [0.25, 0.3) is 0 Å². The maximum atomic E-state index is 12.2. The average molecular weight is 396 g/mol. The van der Waals surface area contributed by atoms with Gasteiger partial charge in [-0.05, 0) is 36.8 Å². The second kappa shape index (κ2) is 7.01. The minimum Gasteiger partial charge on any atom is -0.497 e. The zero-order chi connectivity index (χ0) is 19.8. The Morgan fingerprint density at radius 2 is 2.00 bits per heavy atom. The number of nitrogens with one attached hydrogen (secondary N) is 1. The number of benzene rings is 2. The van der Waals surface area contributed by atoms with Crippen LogP contribution in [0.5, 0.6) is 5.75 Å². The van der Waals surface area contributed by atoms with Crippen LogP contribution in [0, 0.1) is 0 Å². The highest BCUT2D eigenvalue weighted by atomic mass is 35.5. The molecule has 142 valence electrons. The maximum Gasteiger partial charge on any atom is 0.248 e. The number of carbonyl (C=O) groups is 1. The first-order valence-electron chi connectivity index (χ1n) is 8.62. The van der Waals surface area contributed by atoms with E-state index in [2.05, 4.69) is 15.4 Å². The van der Waals surface area contributed by atoms with Gasteiger partial charge in [-0.3, -0.25) is 4.79 Å². The fourth-order valence-electron chi connectivity index (χ4n) is 3.31. The van der Waals surface area contributed by atoms with E-state index in [0.29, 0.717) is 28.1 Å². The van der Waals surface area contributed by atoms with Crippen molar-refractivity contribution in [2.24, 2.45) is 5.73 Å². The summed E-state index contributed by atoms with van der Waals surface area (Å²) in [5, 5.41) is 8.36. The smallest absolute Gasteiger partial charge is 0.248 e. The van der Waals surface area contributed by atoms with Crippen molar-refractivity contribution >= 4 is 23.5 Å². The van der Waals surface area contributed by atoms with Crippen LogP contribution in [-0.2, 0) is 4.79 Å². The zero-order valence-electron chi connectivity index (χ0n) is 15.3. The number of carbonyl (C=O) groups excluding carboxylic acids is 1. The van der Waals surface area contributed by atoms with Gasteiger partial charge in [-0.15, -0.1) is 5.10 Å². The average Bonchev–Trinajstić information content (AvgIpc) is 3.10. The lowest BCUT2D eigenvalue weighted by Crippen LogP contribution is -2.31. The number of anilines is 1. The van der Waals surface area contributed by atoms with Gasteiger partial charge in [0.05, 0.1) is 12.7 Å². The summed E-state index contributed by atoms with van der Waals surface area (Å²) in [5.74, 6) is 1.23. The summed E-state index contributed by atoms with van der Waals surface area (Å²) in [7, 11) is 1.60. The Morgan fingerprint density at radius 1 is 1.25 bits per heavy atom. The van der Waals surface area contributed by atoms with Gasteiger partial charge >= 0.3 is 0 Å². The van der Waals surface area contributed by atoms with Gasteiger partial charge in [0.15, 0.2) is 5.82 Å². The molecule has 0 radical (unpaired) electrons. The van der Waals surface area contributed by atoms with Gasteiger partial charge in [-0.25, -0.2) is 4.68 Å². The number of fused-ring (bicyclic) bond motifs is 1. The van der Waals surface area contributed by atoms with Crippen LogP contribution >= 0.6 is 11.6 Å². The van der Waals surface area contributed by atoms with Crippen molar-refractivity contribution in [2.45, 2.75) is 13.0 Å². The maximum absolute atomic E-state index is 12.2. The van der Waals surface area contributed by atoms with Crippen LogP contribution in [0.3, 0.4) is 0 Å². The highest BCUT2D eigenvalue weighted by molar-refractivity contribution is 6.30. The molecule has 1 amide bonds. The van der Waals surface area contributed by atoms with Gasteiger partial charge in [0.2, 0.25) is 11.9 Å². The molecule has 8 heteroatoms. The predicted molar refractivity (Wildman–Crippen MR) is 107 cm³/mol. The number of hydrogen-bond acceptors (Lipinski definition) is 5. The monoisotopic (exact) mass is 395 g/mol. The van der Waals surface area contributed by atoms with Crippen molar-refractivity contribution in [3.05, 3.63) is 70.4 Å². The second-order valence-electron chi connectivity index (χ2n) is 6.42. The van der Waals surface area contributed by atoms with Crippen molar-refractivity contribution in [3.8, 4) is 17.1 Å². The van der Waals surface area contributed by atoms with Crippen LogP contribution in [0.15, 0.2) is 59.8 Å². The van der Waals surface area contributed by atoms with Crippen LogP contribution in [0.4, 0.5) is 5.95 Å². The van der Waals surface area contributed by atoms with Gasteiger partial charge in [0.1, 0.15) is 11.8 Å². The van der Waals surface area contributed by atoms with E-state index in [1.807, 2.05) is 36.4 Å². The van der Waals surface area contributed by atoms with E-state index in [4.69, 9.17) is 22.1 Å². The van der Waals surface area contributed by atoms with Crippen molar-refractivity contribution in [2.75, 3.05) is 12.4 Å². The molecule has 1 aliphatic heterocycles. The first kappa shape index (κ1) is 18.1. The van der Waals surface area contributed by atoms with Crippen LogP contribution in [0.25, 0.3) is 11.4 Å². The molecule has 1 atom stereocenters. The fourth-order valence-corrected chi connectivity index (χ4v) is 3.50. The number of primary amides is 1. The lowest BCUT2D eigenvalue weighted by atomic mass is 9.95. The van der Waals surface area contributed by atoms with Crippen molar-refractivity contribution in [1.29, 1.82) is 0 Å². The van der Waals surface area contributed by atoms with Gasteiger partial charge < -0.3 is 15.8 Å². The summed E-state index contributed by atoms with van der Waals surface area (Å²) in [5.41, 5.74) is 8.40. The molecule has 28 heavy (non-hydrogen) atoms. The largest absolute Gasteiger partial charge is 0.497 e. The number of ether oxygens (including phenoxy) is 1. The molecule has 2 heterocycles. The van der Waals surface area contributed by atoms with E-state index in [-0.39, 0.29) is 0 Å². The predicted octanol–water partition coefficient (Wildman–Crippen LogP) is 3.38. The number of halogens is 1. The molecule has 3 N–H and O–H groups in total. The molecule has 3 aromatic rings. The summed E-state index contributed by atoms with van der Waals surface area (Å²) in [6, 6.07) is 14.2. The first-order valence-corrected chi connectivity index (χ1v) is 8.99. The zero-order valence-corrected chi connectivity index (χ0v) is 16.1. The van der Waals surface area contributed by atoms with E-state index in [9.17, 15) is 4.79 Å². The van der Waals surface area contributed by atoms with E-state index < -0.39 is 11.9 Å². The Kier molecular flexibility index (Phi) is 4.52. The minimum atomic E-state index is -0.517. The quantitative estimate of drug-likeness (QED) is 0.706.